The third-order valence-corrected chi connectivity index (χ3v) is 4.61. The van der Waals surface area contributed by atoms with Crippen LogP contribution in [0.4, 0.5) is 0 Å². The molecule has 0 radical (unpaired) electrons. The first-order chi connectivity index (χ1) is 9.64. The van der Waals surface area contributed by atoms with E-state index in [-0.39, 0.29) is 17.9 Å². The van der Waals surface area contributed by atoms with E-state index >= 15 is 0 Å². The van der Waals surface area contributed by atoms with Crippen LogP contribution in [0.25, 0.3) is 0 Å². The van der Waals surface area contributed by atoms with Crippen molar-refractivity contribution in [2.75, 3.05) is 33.4 Å². The van der Waals surface area contributed by atoms with Gasteiger partial charge in [0.05, 0.1) is 5.41 Å². The number of likely N-dealkylation sites (N-methyl/N-ethyl adjacent to an activating group) is 1. The third-order valence-electron chi connectivity index (χ3n) is 4.61. The smallest absolute Gasteiger partial charge is 0.242 e. The van der Waals surface area contributed by atoms with E-state index in [0.29, 0.717) is 39.1 Å². The summed E-state index contributed by atoms with van der Waals surface area (Å²) < 4.78 is 5.35. The molecule has 0 aromatic heterocycles. The molecule has 2 heterocycles. The van der Waals surface area contributed by atoms with Gasteiger partial charge >= 0.3 is 0 Å². The van der Waals surface area contributed by atoms with Crippen LogP contribution < -0.4 is 11.1 Å². The second-order valence-corrected chi connectivity index (χ2v) is 5.72. The van der Waals surface area contributed by atoms with E-state index in [1.54, 1.807) is 11.9 Å². The predicted molar refractivity (Wildman–Crippen MR) is 75.0 cm³/mol. The largest absolute Gasteiger partial charge is 0.381 e. The number of amides is 2. The standard InChI is InChI=1S/C14H25N3O3/c1-16-12(18)11-4-2-3-7-17(11)13(19)14(10-15)5-8-20-9-6-14/h11H,2-10,15H2,1H3,(H,16,18). The summed E-state index contributed by atoms with van der Waals surface area (Å²) in [5.41, 5.74) is 5.36. The van der Waals surface area contributed by atoms with E-state index in [2.05, 4.69) is 5.32 Å². The normalized spacial score (nSPS) is 26.1. The quantitative estimate of drug-likeness (QED) is 0.755. The lowest BCUT2D eigenvalue weighted by Crippen LogP contribution is -2.58. The fraction of sp³-hybridized carbons (Fsp3) is 0.857. The van der Waals surface area contributed by atoms with Gasteiger partial charge < -0.3 is 20.7 Å². The van der Waals surface area contributed by atoms with E-state index in [1.807, 2.05) is 0 Å². The Labute approximate surface area is 120 Å². The Morgan fingerprint density at radius 3 is 2.65 bits per heavy atom. The first-order valence-corrected chi connectivity index (χ1v) is 7.45. The molecule has 0 bridgehead atoms. The minimum absolute atomic E-state index is 0.0385. The van der Waals surface area contributed by atoms with E-state index in [4.69, 9.17) is 10.5 Å². The van der Waals surface area contributed by atoms with Gasteiger partial charge in [0.1, 0.15) is 6.04 Å². The summed E-state index contributed by atoms with van der Waals surface area (Å²) in [5.74, 6) is -0.0334. The number of piperidine rings is 1. The molecular weight excluding hydrogens is 258 g/mol. The van der Waals surface area contributed by atoms with Crippen molar-refractivity contribution in [2.24, 2.45) is 11.1 Å². The fourth-order valence-corrected chi connectivity index (χ4v) is 3.19. The van der Waals surface area contributed by atoms with Crippen molar-refractivity contribution < 1.29 is 14.3 Å². The summed E-state index contributed by atoms with van der Waals surface area (Å²) in [6.07, 6.45) is 3.98. The van der Waals surface area contributed by atoms with Gasteiger partial charge in [0, 0.05) is 33.4 Å². The highest BCUT2D eigenvalue weighted by atomic mass is 16.5. The first kappa shape index (κ1) is 15.3. The molecular formula is C14H25N3O3. The number of ether oxygens (including phenoxy) is 1. The van der Waals surface area contributed by atoms with E-state index in [0.717, 1.165) is 19.3 Å². The van der Waals surface area contributed by atoms with Crippen molar-refractivity contribution >= 4 is 11.8 Å². The van der Waals surface area contributed by atoms with E-state index in [9.17, 15) is 9.59 Å². The molecule has 1 atom stereocenters. The minimum atomic E-state index is -0.540. The first-order valence-electron chi connectivity index (χ1n) is 7.45. The summed E-state index contributed by atoms with van der Waals surface area (Å²) in [7, 11) is 1.62. The van der Waals surface area contributed by atoms with Crippen LogP contribution in [0.1, 0.15) is 32.1 Å². The molecule has 2 saturated heterocycles. The number of carbonyl (C=O) groups excluding carboxylic acids is 2. The van der Waals surface area contributed by atoms with Crippen LogP contribution >= 0.6 is 0 Å². The van der Waals surface area contributed by atoms with Gasteiger partial charge in [-0.1, -0.05) is 0 Å². The second-order valence-electron chi connectivity index (χ2n) is 5.72. The molecule has 2 amide bonds. The lowest BCUT2D eigenvalue weighted by molar-refractivity contribution is -0.154. The van der Waals surface area contributed by atoms with Crippen molar-refractivity contribution in [2.45, 2.75) is 38.1 Å². The molecule has 2 fully saturated rings. The van der Waals surface area contributed by atoms with Crippen LogP contribution in [-0.2, 0) is 14.3 Å². The third kappa shape index (κ3) is 2.81. The van der Waals surface area contributed by atoms with Crippen LogP contribution in [0.5, 0.6) is 0 Å². The topological polar surface area (TPSA) is 84.7 Å². The molecule has 0 aromatic rings. The van der Waals surface area contributed by atoms with Crippen molar-refractivity contribution in [1.82, 2.24) is 10.2 Å². The Morgan fingerprint density at radius 2 is 2.05 bits per heavy atom. The summed E-state index contributed by atoms with van der Waals surface area (Å²) >= 11 is 0. The number of likely N-dealkylation sites (tertiary alicyclic amines) is 1. The number of nitrogens with two attached hydrogens (primary N) is 1. The number of nitrogens with zero attached hydrogens (tertiary/aromatic N) is 1. The number of hydrogen-bond donors (Lipinski definition) is 2. The molecule has 2 rings (SSSR count). The summed E-state index contributed by atoms with van der Waals surface area (Å²) in [6, 6.07) is -0.340. The molecule has 0 aromatic carbocycles. The summed E-state index contributed by atoms with van der Waals surface area (Å²) in [6.45, 7) is 2.12. The molecule has 0 aliphatic carbocycles. The number of rotatable bonds is 3. The van der Waals surface area contributed by atoms with Gasteiger partial charge in [-0.05, 0) is 32.1 Å². The monoisotopic (exact) mass is 283 g/mol. The maximum Gasteiger partial charge on any atom is 0.242 e. The molecule has 3 N–H and O–H groups in total. The van der Waals surface area contributed by atoms with Gasteiger partial charge in [-0.25, -0.2) is 0 Å². The van der Waals surface area contributed by atoms with Gasteiger partial charge in [0.15, 0.2) is 0 Å². The number of nitrogens with one attached hydrogen (secondary N) is 1. The molecule has 6 heteroatoms. The van der Waals surface area contributed by atoms with Gasteiger partial charge in [-0.15, -0.1) is 0 Å². The second kappa shape index (κ2) is 6.54. The zero-order chi connectivity index (χ0) is 14.6. The highest BCUT2D eigenvalue weighted by molar-refractivity contribution is 5.90. The van der Waals surface area contributed by atoms with Crippen molar-refractivity contribution in [1.29, 1.82) is 0 Å². The Kier molecular flexibility index (Phi) is 4.99. The minimum Gasteiger partial charge on any atom is -0.381 e. The SMILES string of the molecule is CNC(=O)C1CCCCN1C(=O)C1(CN)CCOCC1. The molecule has 0 saturated carbocycles. The molecule has 0 spiro atoms. The highest BCUT2D eigenvalue weighted by Crippen LogP contribution is 2.34. The van der Waals surface area contributed by atoms with Crippen LogP contribution in [0.3, 0.4) is 0 Å². The summed E-state index contributed by atoms with van der Waals surface area (Å²) in [4.78, 5) is 26.7. The van der Waals surface area contributed by atoms with Crippen molar-refractivity contribution in [3.63, 3.8) is 0 Å². The van der Waals surface area contributed by atoms with Gasteiger partial charge in [-0.2, -0.15) is 0 Å². The van der Waals surface area contributed by atoms with Gasteiger partial charge in [0.25, 0.3) is 0 Å². The zero-order valence-electron chi connectivity index (χ0n) is 12.2. The average molecular weight is 283 g/mol. The predicted octanol–water partition coefficient (Wildman–Crippen LogP) is -0.131. The maximum atomic E-state index is 12.9. The lowest BCUT2D eigenvalue weighted by atomic mass is 9.78. The Hall–Kier alpha value is -1.14. The molecule has 114 valence electrons. The Morgan fingerprint density at radius 1 is 1.35 bits per heavy atom. The van der Waals surface area contributed by atoms with Crippen molar-refractivity contribution in [3.05, 3.63) is 0 Å². The molecule has 2 aliphatic rings. The van der Waals surface area contributed by atoms with E-state index in [1.165, 1.54) is 0 Å². The van der Waals surface area contributed by atoms with E-state index < -0.39 is 5.41 Å². The number of carbonyl (C=O) groups is 2. The van der Waals surface area contributed by atoms with Crippen molar-refractivity contribution in [3.8, 4) is 0 Å². The molecule has 20 heavy (non-hydrogen) atoms. The van der Waals surface area contributed by atoms with Crippen LogP contribution in [0.15, 0.2) is 0 Å². The number of hydrogen-bond acceptors (Lipinski definition) is 4. The average Bonchev–Trinajstić information content (AvgIpc) is 2.54. The lowest BCUT2D eigenvalue weighted by Gasteiger charge is -2.43. The van der Waals surface area contributed by atoms with Crippen LogP contribution in [-0.4, -0.2) is 56.1 Å². The molecule has 6 nitrogen and oxygen atoms in total. The maximum absolute atomic E-state index is 12.9. The van der Waals surface area contributed by atoms with Gasteiger partial charge in [0.2, 0.25) is 11.8 Å². The Bertz CT molecular complexity index is 367. The van der Waals surface area contributed by atoms with Crippen LogP contribution in [0, 0.1) is 5.41 Å². The fourth-order valence-electron chi connectivity index (χ4n) is 3.19. The Balaban J connectivity index is 2.17. The highest BCUT2D eigenvalue weighted by Gasteiger charge is 2.44. The molecule has 2 aliphatic heterocycles. The van der Waals surface area contributed by atoms with Gasteiger partial charge in [-0.3, -0.25) is 9.59 Å². The zero-order valence-corrected chi connectivity index (χ0v) is 12.2. The van der Waals surface area contributed by atoms with Crippen LogP contribution in [0.2, 0.25) is 0 Å². The molecule has 1 unspecified atom stereocenters. The summed E-state index contributed by atoms with van der Waals surface area (Å²) in [5, 5.41) is 2.66.